The van der Waals surface area contributed by atoms with Gasteiger partial charge in [0.2, 0.25) is 0 Å². The number of hydrogen-bond donors (Lipinski definition) is 0. The van der Waals surface area contributed by atoms with Gasteiger partial charge in [0.1, 0.15) is 0 Å². The smallest absolute Gasteiger partial charge is 1.00 e. The van der Waals surface area contributed by atoms with Crippen LogP contribution in [0.3, 0.4) is 0 Å². The van der Waals surface area contributed by atoms with Gasteiger partial charge in [0.05, 0.1) is 0 Å². The second kappa shape index (κ2) is 9.42. The Morgan fingerprint density at radius 3 is 1.89 bits per heavy atom. The molecular weight excluding hydrogens is 298 g/mol. The van der Waals surface area contributed by atoms with Crippen molar-refractivity contribution in [1.82, 2.24) is 0 Å². The average Bonchev–Trinajstić information content (AvgIpc) is 2.38. The first-order valence-corrected chi connectivity index (χ1v) is 5.71. The molecule has 0 N–H and O–H groups in total. The van der Waals surface area contributed by atoms with Crippen LogP contribution in [0.2, 0.25) is 0 Å². The molecule has 0 aliphatic heterocycles. The monoisotopic (exact) mass is 313 g/mol. The molecule has 0 aliphatic rings. The van der Waals surface area contributed by atoms with Crippen LogP contribution in [0.4, 0.5) is 5.69 Å². The van der Waals surface area contributed by atoms with Crippen molar-refractivity contribution >= 4 is 28.7 Å². The van der Waals surface area contributed by atoms with E-state index >= 15 is 0 Å². The van der Waals surface area contributed by atoms with Crippen LogP contribution in [0.1, 0.15) is 24.9 Å². The first-order chi connectivity index (χ1) is 7.90. The van der Waals surface area contributed by atoms with E-state index in [0.29, 0.717) is 0 Å². The fourth-order valence-corrected chi connectivity index (χ4v) is 1.77. The third-order valence-corrected chi connectivity index (χ3v) is 2.63. The Bertz CT molecular complexity index is 419. The first kappa shape index (κ1) is 17.5. The Labute approximate surface area is 136 Å². The quantitative estimate of drug-likeness (QED) is 0.759. The van der Waals surface area contributed by atoms with Gasteiger partial charge in [0.15, 0.2) is 0 Å². The Balaban J connectivity index is 0.00000144. The predicted molar refractivity (Wildman–Crippen MR) is 74.7 cm³/mol. The summed E-state index contributed by atoms with van der Waals surface area (Å²) in [5, 5.41) is 4.75. The number of para-hydroxylation sites is 1. The molecule has 0 amide bonds. The van der Waals surface area contributed by atoms with Gasteiger partial charge in [-0.3, -0.25) is 0 Å². The fourth-order valence-electron chi connectivity index (χ4n) is 1.77. The van der Waals surface area contributed by atoms with Crippen LogP contribution in [0.25, 0.3) is 5.32 Å². The van der Waals surface area contributed by atoms with Gasteiger partial charge in [-0.2, -0.15) is 0 Å². The van der Waals surface area contributed by atoms with Crippen LogP contribution in [-0.2, 0) is 0 Å². The molecule has 0 fully saturated rings. The number of halogens is 1. The number of hydrogen-bond acceptors (Lipinski definition) is 0. The van der Waals surface area contributed by atoms with E-state index in [-0.39, 0.29) is 46.1 Å². The van der Waals surface area contributed by atoms with Gasteiger partial charge in [-0.15, -0.1) is 5.69 Å². The third kappa shape index (κ3) is 5.00. The molecule has 0 spiro atoms. The van der Waals surface area contributed by atoms with Gasteiger partial charge in [-0.25, -0.2) is 0 Å². The van der Waals surface area contributed by atoms with Crippen LogP contribution in [-0.4, -0.2) is 23.1 Å². The van der Waals surface area contributed by atoms with Crippen molar-refractivity contribution in [3.8, 4) is 0 Å². The summed E-state index contributed by atoms with van der Waals surface area (Å²) in [6.07, 6.45) is 1.03. The Kier molecular flexibility index (Phi) is 9.15. The molecule has 0 radical (unpaired) electrons. The van der Waals surface area contributed by atoms with E-state index in [4.69, 9.17) is 5.32 Å². The maximum atomic E-state index is 4.75. The zero-order valence-electron chi connectivity index (χ0n) is 10.6. The molecule has 0 aromatic heterocycles. The molecule has 0 heterocycles. The summed E-state index contributed by atoms with van der Waals surface area (Å²) in [5.74, 6) is 0. The minimum Gasteiger partial charge on any atom is -1.00 e. The standard InChI is InChI=1S/C15H16N.BrH.Mg/c1-2-15(13-9-5-3-6-10-13)16-14-11-7-4-8-12-14;;/h3-12,15H,2H2,1H3;1H;/q-1;;+2/p-1. The van der Waals surface area contributed by atoms with Crippen molar-refractivity contribution in [2.24, 2.45) is 0 Å². The largest absolute Gasteiger partial charge is 2.00 e. The molecule has 1 nitrogen and oxygen atoms in total. The van der Waals surface area contributed by atoms with Crippen molar-refractivity contribution in [2.45, 2.75) is 19.4 Å². The van der Waals surface area contributed by atoms with Gasteiger partial charge in [0.25, 0.3) is 0 Å². The summed E-state index contributed by atoms with van der Waals surface area (Å²) in [5.41, 5.74) is 2.34. The molecule has 1 atom stereocenters. The second-order valence-electron chi connectivity index (χ2n) is 3.80. The predicted octanol–water partition coefficient (Wildman–Crippen LogP) is 1.47. The summed E-state index contributed by atoms with van der Waals surface area (Å²) in [4.78, 5) is 0. The number of rotatable bonds is 4. The van der Waals surface area contributed by atoms with Crippen molar-refractivity contribution in [2.75, 3.05) is 0 Å². The zero-order valence-corrected chi connectivity index (χ0v) is 13.6. The van der Waals surface area contributed by atoms with Crippen LogP contribution in [0, 0.1) is 0 Å². The fraction of sp³-hybridized carbons (Fsp3) is 0.200. The van der Waals surface area contributed by atoms with Gasteiger partial charge >= 0.3 is 23.1 Å². The molecular formula is C15H16BrMgN. The summed E-state index contributed by atoms with van der Waals surface area (Å²) in [7, 11) is 0. The minimum absolute atomic E-state index is 0. The Morgan fingerprint density at radius 2 is 1.39 bits per heavy atom. The number of benzene rings is 2. The molecule has 2 aromatic carbocycles. The molecule has 0 aliphatic carbocycles. The normalized spacial score (nSPS) is 10.7. The van der Waals surface area contributed by atoms with E-state index in [1.807, 2.05) is 36.4 Å². The van der Waals surface area contributed by atoms with E-state index in [2.05, 4.69) is 31.2 Å². The summed E-state index contributed by atoms with van der Waals surface area (Å²) in [6, 6.07) is 20.9. The maximum absolute atomic E-state index is 4.75. The van der Waals surface area contributed by atoms with Crippen molar-refractivity contribution in [3.05, 3.63) is 71.5 Å². The molecule has 2 rings (SSSR count). The molecule has 3 heteroatoms. The van der Waals surface area contributed by atoms with Gasteiger partial charge in [-0.05, 0) is 0 Å². The second-order valence-corrected chi connectivity index (χ2v) is 3.80. The van der Waals surface area contributed by atoms with Crippen molar-refractivity contribution in [3.63, 3.8) is 0 Å². The molecule has 0 saturated heterocycles. The van der Waals surface area contributed by atoms with E-state index in [9.17, 15) is 0 Å². The maximum Gasteiger partial charge on any atom is 2.00 e. The summed E-state index contributed by atoms with van der Waals surface area (Å²) < 4.78 is 0. The molecule has 1 unspecified atom stereocenters. The Morgan fingerprint density at radius 1 is 0.889 bits per heavy atom. The SMILES string of the molecule is CCC([N-]c1ccccc1)c1ccccc1.[Br-].[Mg+2]. The first-order valence-electron chi connectivity index (χ1n) is 5.71. The van der Waals surface area contributed by atoms with Gasteiger partial charge in [-0.1, -0.05) is 85.6 Å². The van der Waals surface area contributed by atoms with Crippen molar-refractivity contribution < 1.29 is 17.0 Å². The molecule has 90 valence electrons. The van der Waals surface area contributed by atoms with E-state index in [1.54, 1.807) is 0 Å². The molecule has 0 bridgehead atoms. The summed E-state index contributed by atoms with van der Waals surface area (Å²) in [6.45, 7) is 2.17. The van der Waals surface area contributed by atoms with E-state index in [0.717, 1.165) is 12.1 Å². The van der Waals surface area contributed by atoms with Crippen LogP contribution < -0.4 is 17.0 Å². The van der Waals surface area contributed by atoms with E-state index in [1.165, 1.54) is 5.56 Å². The van der Waals surface area contributed by atoms with E-state index < -0.39 is 0 Å². The Hall–Kier alpha value is -0.514. The van der Waals surface area contributed by atoms with Crippen LogP contribution in [0.5, 0.6) is 0 Å². The zero-order chi connectivity index (χ0) is 11.2. The molecule has 0 saturated carbocycles. The van der Waals surface area contributed by atoms with Crippen LogP contribution >= 0.6 is 0 Å². The third-order valence-electron chi connectivity index (χ3n) is 2.63. The van der Waals surface area contributed by atoms with Crippen LogP contribution in [0.15, 0.2) is 60.7 Å². The topological polar surface area (TPSA) is 14.1 Å². The van der Waals surface area contributed by atoms with Gasteiger partial charge < -0.3 is 22.3 Å². The van der Waals surface area contributed by atoms with Gasteiger partial charge in [0, 0.05) is 0 Å². The number of nitrogens with zero attached hydrogens (tertiary/aromatic N) is 1. The minimum atomic E-state index is 0. The molecule has 18 heavy (non-hydrogen) atoms. The van der Waals surface area contributed by atoms with Crippen molar-refractivity contribution in [1.29, 1.82) is 0 Å². The average molecular weight is 315 g/mol. The summed E-state index contributed by atoms with van der Waals surface area (Å²) >= 11 is 0. The molecule has 2 aromatic rings.